The Kier molecular flexibility index (Phi) is 8.39. The van der Waals surface area contributed by atoms with Crippen LogP contribution in [-0.2, 0) is 22.6 Å². The molecule has 3 aromatic carbocycles. The zero-order valence-corrected chi connectivity index (χ0v) is 24.7. The molecule has 216 valence electrons. The summed E-state index contributed by atoms with van der Waals surface area (Å²) >= 11 is 0. The van der Waals surface area contributed by atoms with E-state index in [0.717, 1.165) is 43.7 Å². The van der Waals surface area contributed by atoms with Crippen LogP contribution in [0.1, 0.15) is 78.3 Å². The highest BCUT2D eigenvalue weighted by molar-refractivity contribution is 5.76. The highest BCUT2D eigenvalue weighted by Crippen LogP contribution is 2.64. The summed E-state index contributed by atoms with van der Waals surface area (Å²) in [7, 11) is 0. The number of hydrogen-bond donors (Lipinski definition) is 3. The number of nitrogens with one attached hydrogen (secondary N) is 2. The van der Waals surface area contributed by atoms with Gasteiger partial charge >= 0.3 is 5.97 Å². The van der Waals surface area contributed by atoms with Gasteiger partial charge in [0.15, 0.2) is 0 Å². The van der Waals surface area contributed by atoms with E-state index in [1.54, 1.807) is 0 Å². The Hall–Kier alpha value is -3.80. The van der Waals surface area contributed by atoms with Gasteiger partial charge < -0.3 is 20.5 Å². The van der Waals surface area contributed by atoms with Crippen LogP contribution in [0.5, 0.6) is 5.75 Å². The van der Waals surface area contributed by atoms with Gasteiger partial charge in [-0.25, -0.2) is 0 Å². The predicted octanol–water partition coefficient (Wildman–Crippen LogP) is 7.08. The van der Waals surface area contributed by atoms with Gasteiger partial charge in [0.1, 0.15) is 5.75 Å². The molecule has 6 heteroatoms. The number of rotatable bonds is 12. The number of carboxylic acid groups (broad SMARTS) is 1. The lowest BCUT2D eigenvalue weighted by atomic mass is 9.87. The molecule has 0 bridgehead atoms. The second-order valence-electron chi connectivity index (χ2n) is 11.9. The molecular formula is C35H42N2O4. The third-order valence-electron chi connectivity index (χ3n) is 9.01. The van der Waals surface area contributed by atoms with Crippen molar-refractivity contribution in [2.24, 2.45) is 5.41 Å². The number of hydrogen-bond acceptors (Lipinski definition) is 4. The fourth-order valence-electron chi connectivity index (χ4n) is 6.62. The topological polar surface area (TPSA) is 87.7 Å². The van der Waals surface area contributed by atoms with E-state index < -0.39 is 5.97 Å². The lowest BCUT2D eigenvalue weighted by Crippen LogP contribution is -2.24. The van der Waals surface area contributed by atoms with Gasteiger partial charge in [0, 0.05) is 31.1 Å². The van der Waals surface area contributed by atoms with Crippen LogP contribution in [-0.4, -0.2) is 30.1 Å². The first-order valence-electron chi connectivity index (χ1n) is 14.9. The van der Waals surface area contributed by atoms with Crippen LogP contribution in [0.2, 0.25) is 0 Å². The van der Waals surface area contributed by atoms with Crippen molar-refractivity contribution in [3.63, 3.8) is 0 Å². The van der Waals surface area contributed by atoms with Gasteiger partial charge in [-0.15, -0.1) is 0 Å². The van der Waals surface area contributed by atoms with Crippen LogP contribution in [0, 0.1) is 26.2 Å². The molecule has 1 spiro atoms. The van der Waals surface area contributed by atoms with Crippen LogP contribution in [0.15, 0.2) is 48.5 Å². The third-order valence-corrected chi connectivity index (χ3v) is 9.01. The summed E-state index contributed by atoms with van der Waals surface area (Å²) in [5.41, 5.74) is 11.1. The summed E-state index contributed by atoms with van der Waals surface area (Å²) in [6.07, 6.45) is 4.78. The molecule has 1 amide bonds. The molecule has 0 saturated heterocycles. The minimum absolute atomic E-state index is 0.0683. The molecule has 1 atom stereocenters. The van der Waals surface area contributed by atoms with Crippen molar-refractivity contribution in [1.82, 2.24) is 5.32 Å². The molecule has 1 fully saturated rings. The van der Waals surface area contributed by atoms with Crippen molar-refractivity contribution in [3.05, 3.63) is 81.9 Å². The number of anilines is 1. The summed E-state index contributed by atoms with van der Waals surface area (Å²) in [5.74, 6) is 0.378. The molecule has 3 aromatic rings. The SMILES string of the molecule is CCC(=O)NCCCOc1cc(C)c(-c2cccc(CNc3ccc4c(c3)CC3(CC3)C4CC(=O)O)c2C)c(C)c1. The quantitative estimate of drug-likeness (QED) is 0.208. The number of carboxylic acids is 1. The number of benzene rings is 3. The van der Waals surface area contributed by atoms with Gasteiger partial charge in [-0.1, -0.05) is 31.2 Å². The molecule has 0 radical (unpaired) electrons. The van der Waals surface area contributed by atoms with Crippen molar-refractivity contribution in [3.8, 4) is 16.9 Å². The van der Waals surface area contributed by atoms with Gasteiger partial charge in [0.05, 0.1) is 13.0 Å². The molecule has 0 aromatic heterocycles. The maximum absolute atomic E-state index is 11.5. The number of aliphatic carboxylic acids is 1. The average molecular weight is 555 g/mol. The van der Waals surface area contributed by atoms with Gasteiger partial charge in [0.2, 0.25) is 5.91 Å². The van der Waals surface area contributed by atoms with E-state index in [-0.39, 0.29) is 23.7 Å². The molecule has 0 heterocycles. The van der Waals surface area contributed by atoms with E-state index >= 15 is 0 Å². The van der Waals surface area contributed by atoms with Crippen molar-refractivity contribution < 1.29 is 19.4 Å². The third kappa shape index (κ3) is 6.27. The Balaban J connectivity index is 1.26. The largest absolute Gasteiger partial charge is 0.494 e. The van der Waals surface area contributed by atoms with E-state index in [0.29, 0.717) is 19.6 Å². The average Bonchev–Trinajstić information content (AvgIpc) is 3.65. The first kappa shape index (κ1) is 28.7. The Morgan fingerprint density at radius 3 is 2.49 bits per heavy atom. The Bertz CT molecular complexity index is 1430. The van der Waals surface area contributed by atoms with Crippen LogP contribution in [0.25, 0.3) is 11.1 Å². The summed E-state index contributed by atoms with van der Waals surface area (Å²) in [6.45, 7) is 10.2. The van der Waals surface area contributed by atoms with E-state index in [4.69, 9.17) is 4.74 Å². The monoisotopic (exact) mass is 554 g/mol. The summed E-state index contributed by atoms with van der Waals surface area (Å²) < 4.78 is 6.00. The molecule has 2 aliphatic carbocycles. The number of aryl methyl sites for hydroxylation is 2. The Morgan fingerprint density at radius 1 is 1.05 bits per heavy atom. The minimum Gasteiger partial charge on any atom is -0.494 e. The number of amides is 1. The molecule has 2 aliphatic rings. The van der Waals surface area contributed by atoms with Crippen LogP contribution in [0.4, 0.5) is 5.69 Å². The molecular weight excluding hydrogens is 512 g/mol. The molecule has 0 aliphatic heterocycles. The minimum atomic E-state index is -0.701. The van der Waals surface area contributed by atoms with E-state index in [1.807, 2.05) is 6.92 Å². The van der Waals surface area contributed by atoms with Crippen LogP contribution in [0.3, 0.4) is 0 Å². The second-order valence-corrected chi connectivity index (χ2v) is 11.9. The predicted molar refractivity (Wildman–Crippen MR) is 164 cm³/mol. The highest BCUT2D eigenvalue weighted by atomic mass is 16.5. The Morgan fingerprint density at radius 2 is 1.80 bits per heavy atom. The van der Waals surface area contributed by atoms with Crippen molar-refractivity contribution >= 4 is 17.6 Å². The van der Waals surface area contributed by atoms with Crippen molar-refractivity contribution in [2.45, 2.75) is 78.7 Å². The summed E-state index contributed by atoms with van der Waals surface area (Å²) in [6, 6.07) is 17.2. The fraction of sp³-hybridized carbons (Fsp3) is 0.429. The first-order chi connectivity index (χ1) is 19.7. The molecule has 3 N–H and O–H groups in total. The standard InChI is InChI=1S/C35H42N2O4/c1-5-32(38)36-14-7-15-41-28-16-22(2)34(23(3)17-28)29-9-6-8-25(24(29)4)21-37-27-10-11-30-26(18-27)20-35(12-13-35)31(30)19-33(39)40/h6,8-11,16-18,31,37H,5,7,12-15,19-21H2,1-4H3,(H,36,38)(H,39,40). The fourth-order valence-corrected chi connectivity index (χ4v) is 6.62. The normalized spacial score (nSPS) is 16.3. The van der Waals surface area contributed by atoms with E-state index in [1.165, 1.54) is 44.5 Å². The smallest absolute Gasteiger partial charge is 0.303 e. The maximum atomic E-state index is 11.5. The van der Waals surface area contributed by atoms with E-state index in [9.17, 15) is 14.7 Å². The maximum Gasteiger partial charge on any atom is 0.303 e. The highest BCUT2D eigenvalue weighted by Gasteiger charge is 2.54. The molecule has 41 heavy (non-hydrogen) atoms. The van der Waals surface area contributed by atoms with E-state index in [2.05, 4.69) is 79.9 Å². The first-order valence-corrected chi connectivity index (χ1v) is 14.9. The lowest BCUT2D eigenvalue weighted by Gasteiger charge is -2.18. The van der Waals surface area contributed by atoms with Gasteiger partial charge in [-0.05, 0) is 121 Å². The molecule has 1 unspecified atom stereocenters. The summed E-state index contributed by atoms with van der Waals surface area (Å²) in [4.78, 5) is 22.9. The van der Waals surface area contributed by atoms with Crippen LogP contribution < -0.4 is 15.4 Å². The Labute approximate surface area is 243 Å². The van der Waals surface area contributed by atoms with Crippen molar-refractivity contribution in [2.75, 3.05) is 18.5 Å². The number of ether oxygens (including phenoxy) is 1. The lowest BCUT2D eigenvalue weighted by molar-refractivity contribution is -0.137. The van der Waals surface area contributed by atoms with Gasteiger partial charge in [0.25, 0.3) is 0 Å². The van der Waals surface area contributed by atoms with Crippen molar-refractivity contribution in [1.29, 1.82) is 0 Å². The van der Waals surface area contributed by atoms with Gasteiger partial charge in [-0.2, -0.15) is 0 Å². The second kappa shape index (κ2) is 12.0. The molecule has 5 rings (SSSR count). The zero-order valence-electron chi connectivity index (χ0n) is 24.7. The number of fused-ring (bicyclic) bond motifs is 1. The zero-order chi connectivity index (χ0) is 29.1. The van der Waals surface area contributed by atoms with Crippen LogP contribution >= 0.6 is 0 Å². The molecule has 1 saturated carbocycles. The number of carbonyl (C=O) groups is 2. The summed E-state index contributed by atoms with van der Waals surface area (Å²) in [5, 5.41) is 16.0. The number of carbonyl (C=O) groups excluding carboxylic acids is 1. The van der Waals surface area contributed by atoms with Gasteiger partial charge in [-0.3, -0.25) is 9.59 Å². The molecule has 6 nitrogen and oxygen atoms in total.